The number of hydrogen-bond acceptors (Lipinski definition) is 7. The van der Waals surface area contributed by atoms with Gasteiger partial charge in [0.25, 0.3) is 0 Å². The number of carbonyl (C=O) groups excluding carboxylic acids is 3. The van der Waals surface area contributed by atoms with Crippen molar-refractivity contribution in [2.24, 2.45) is 17.6 Å². The fourth-order valence-electron chi connectivity index (χ4n) is 3.30. The predicted octanol–water partition coefficient (Wildman–Crippen LogP) is -0.615. The first kappa shape index (κ1) is 29.6. The molecule has 0 saturated carbocycles. The van der Waals surface area contributed by atoms with Crippen molar-refractivity contribution in [3.05, 3.63) is 18.2 Å². The molecular weight excluding hydrogens is 460 g/mol. The summed E-state index contributed by atoms with van der Waals surface area (Å²) in [7, 11) is 0. The third-order valence-corrected chi connectivity index (χ3v) is 5.18. The third kappa shape index (κ3) is 10.5. The number of aliphatic carboxylic acids is 2. The Labute approximate surface area is 203 Å². The number of hydrogen-bond donors (Lipinski definition) is 7. The molecule has 0 saturated heterocycles. The van der Waals surface area contributed by atoms with E-state index in [1.807, 2.05) is 13.8 Å². The zero-order valence-corrected chi connectivity index (χ0v) is 20.4. The highest BCUT2D eigenvalue weighted by atomic mass is 16.4. The van der Waals surface area contributed by atoms with Crippen LogP contribution in [0.2, 0.25) is 0 Å². The number of nitrogens with two attached hydrogens (primary N) is 1. The van der Waals surface area contributed by atoms with E-state index in [1.165, 1.54) is 12.5 Å². The molecule has 0 aliphatic rings. The van der Waals surface area contributed by atoms with Gasteiger partial charge in [-0.1, -0.05) is 27.7 Å². The lowest BCUT2D eigenvalue weighted by molar-refractivity contribution is -0.144. The van der Waals surface area contributed by atoms with Crippen molar-refractivity contribution in [1.29, 1.82) is 0 Å². The molecule has 0 fully saturated rings. The van der Waals surface area contributed by atoms with Crippen LogP contribution < -0.4 is 21.7 Å². The molecule has 4 atom stereocenters. The van der Waals surface area contributed by atoms with Gasteiger partial charge in [0, 0.05) is 24.7 Å². The lowest BCUT2D eigenvalue weighted by Gasteiger charge is -2.26. The predicted molar refractivity (Wildman–Crippen MR) is 125 cm³/mol. The number of amides is 3. The quantitative estimate of drug-likeness (QED) is 0.164. The first-order chi connectivity index (χ1) is 16.3. The third-order valence-electron chi connectivity index (χ3n) is 5.18. The van der Waals surface area contributed by atoms with Gasteiger partial charge in [0.2, 0.25) is 17.7 Å². The molecule has 35 heavy (non-hydrogen) atoms. The Balaban J connectivity index is 3.08. The summed E-state index contributed by atoms with van der Waals surface area (Å²) in [5.74, 6) is -4.94. The van der Waals surface area contributed by atoms with Gasteiger partial charge >= 0.3 is 11.9 Å². The molecule has 4 unspecified atom stereocenters. The molecule has 8 N–H and O–H groups in total. The molecule has 1 aromatic heterocycles. The molecule has 196 valence electrons. The normalized spacial score (nSPS) is 14.6. The van der Waals surface area contributed by atoms with Gasteiger partial charge in [0.1, 0.15) is 18.1 Å². The van der Waals surface area contributed by atoms with Gasteiger partial charge in [-0.15, -0.1) is 0 Å². The summed E-state index contributed by atoms with van der Waals surface area (Å²) in [6, 6.07) is -4.59. The Morgan fingerprint density at radius 1 is 0.971 bits per heavy atom. The van der Waals surface area contributed by atoms with Crippen LogP contribution >= 0.6 is 0 Å². The van der Waals surface area contributed by atoms with Crippen molar-refractivity contribution < 1.29 is 34.2 Å². The van der Waals surface area contributed by atoms with Crippen molar-refractivity contribution in [2.45, 2.75) is 77.5 Å². The highest BCUT2D eigenvalue weighted by Gasteiger charge is 2.32. The van der Waals surface area contributed by atoms with E-state index in [9.17, 15) is 29.1 Å². The van der Waals surface area contributed by atoms with E-state index >= 15 is 0 Å². The smallest absolute Gasteiger partial charge is 0.326 e. The van der Waals surface area contributed by atoms with Gasteiger partial charge in [-0.05, 0) is 24.7 Å². The highest BCUT2D eigenvalue weighted by molar-refractivity contribution is 5.94. The number of carboxylic acids is 2. The number of H-pyrrole nitrogens is 1. The molecule has 0 radical (unpaired) electrons. The molecule has 0 spiro atoms. The number of aromatic amines is 1. The summed E-state index contributed by atoms with van der Waals surface area (Å²) in [6.07, 6.45) is 2.53. The summed E-state index contributed by atoms with van der Waals surface area (Å²) in [5.41, 5.74) is 6.46. The van der Waals surface area contributed by atoms with Crippen LogP contribution in [0.5, 0.6) is 0 Å². The molecule has 3 amide bonds. The maximum absolute atomic E-state index is 13.1. The molecular formula is C22H36N6O7. The summed E-state index contributed by atoms with van der Waals surface area (Å²) >= 11 is 0. The van der Waals surface area contributed by atoms with Crippen LogP contribution in [0.4, 0.5) is 0 Å². The minimum absolute atomic E-state index is 0.00296. The van der Waals surface area contributed by atoms with Gasteiger partial charge in [-0.3, -0.25) is 19.2 Å². The molecule has 0 bridgehead atoms. The Morgan fingerprint density at radius 3 is 2.06 bits per heavy atom. The van der Waals surface area contributed by atoms with E-state index in [2.05, 4.69) is 25.9 Å². The van der Waals surface area contributed by atoms with Gasteiger partial charge in [0.05, 0.1) is 12.4 Å². The molecule has 0 aliphatic heterocycles. The fourth-order valence-corrected chi connectivity index (χ4v) is 3.30. The van der Waals surface area contributed by atoms with Gasteiger partial charge in [-0.2, -0.15) is 0 Å². The lowest BCUT2D eigenvalue weighted by Crippen LogP contribution is -2.58. The molecule has 13 nitrogen and oxygen atoms in total. The van der Waals surface area contributed by atoms with E-state index in [1.54, 1.807) is 13.8 Å². The number of carboxylic acid groups (broad SMARTS) is 2. The molecule has 0 aromatic carbocycles. The number of carbonyl (C=O) groups is 5. The van der Waals surface area contributed by atoms with E-state index in [0.717, 1.165) is 0 Å². The minimum atomic E-state index is -1.34. The van der Waals surface area contributed by atoms with Crippen molar-refractivity contribution >= 4 is 29.7 Å². The molecule has 1 heterocycles. The summed E-state index contributed by atoms with van der Waals surface area (Å²) < 4.78 is 0. The minimum Gasteiger partial charge on any atom is -0.481 e. The van der Waals surface area contributed by atoms with Crippen LogP contribution in [0.3, 0.4) is 0 Å². The first-order valence-corrected chi connectivity index (χ1v) is 11.4. The maximum atomic E-state index is 13.1. The Morgan fingerprint density at radius 2 is 1.57 bits per heavy atom. The SMILES string of the molecule is CC(C)CC(N)C(=O)NC(Cc1cnc[nH]1)C(=O)NC(CCC(=O)O)C(=O)NC(C(=O)O)C(C)C. The van der Waals surface area contributed by atoms with Gasteiger partial charge in [-0.25, -0.2) is 9.78 Å². The first-order valence-electron chi connectivity index (χ1n) is 11.4. The topological polar surface area (TPSA) is 217 Å². The summed E-state index contributed by atoms with van der Waals surface area (Å²) in [4.78, 5) is 67.8. The van der Waals surface area contributed by atoms with Gasteiger partial charge < -0.3 is 36.9 Å². The van der Waals surface area contributed by atoms with Crippen LogP contribution in [0, 0.1) is 11.8 Å². The Hall–Kier alpha value is -3.48. The molecule has 13 heteroatoms. The van der Waals surface area contributed by atoms with Crippen molar-refractivity contribution in [3.8, 4) is 0 Å². The monoisotopic (exact) mass is 496 g/mol. The van der Waals surface area contributed by atoms with E-state index in [0.29, 0.717) is 12.1 Å². The van der Waals surface area contributed by atoms with E-state index in [-0.39, 0.29) is 18.8 Å². The number of nitrogens with zero attached hydrogens (tertiary/aromatic N) is 1. The number of rotatable bonds is 15. The average molecular weight is 497 g/mol. The van der Waals surface area contributed by atoms with Gasteiger partial charge in [0.15, 0.2) is 0 Å². The Kier molecular flexibility index (Phi) is 11.9. The largest absolute Gasteiger partial charge is 0.481 e. The van der Waals surface area contributed by atoms with E-state index in [4.69, 9.17) is 10.8 Å². The zero-order chi connectivity index (χ0) is 26.7. The van der Waals surface area contributed by atoms with E-state index < -0.39 is 66.2 Å². The van der Waals surface area contributed by atoms with Crippen molar-refractivity contribution in [1.82, 2.24) is 25.9 Å². The van der Waals surface area contributed by atoms with Crippen molar-refractivity contribution in [2.75, 3.05) is 0 Å². The summed E-state index contributed by atoms with van der Waals surface area (Å²) in [6.45, 7) is 6.99. The van der Waals surface area contributed by atoms with Crippen LogP contribution in [0.15, 0.2) is 12.5 Å². The average Bonchev–Trinajstić information content (AvgIpc) is 3.26. The highest BCUT2D eigenvalue weighted by Crippen LogP contribution is 2.08. The standard InChI is InChI=1S/C22H36N6O7/c1-11(2)7-14(23)19(31)27-16(8-13-9-24-10-25-13)21(33)26-15(5-6-17(29)30)20(32)28-18(12(3)4)22(34)35/h9-12,14-16,18H,5-8,23H2,1-4H3,(H,24,25)(H,26,33)(H,27,31)(H,28,32)(H,29,30)(H,34,35). The number of aromatic nitrogens is 2. The molecule has 1 rings (SSSR count). The lowest BCUT2D eigenvalue weighted by atomic mass is 10.0. The van der Waals surface area contributed by atoms with Crippen LogP contribution in [0.1, 0.15) is 52.7 Å². The second-order valence-electron chi connectivity index (χ2n) is 9.14. The Bertz CT molecular complexity index is 872. The number of imidazole rings is 1. The van der Waals surface area contributed by atoms with Crippen LogP contribution in [-0.2, 0) is 30.4 Å². The maximum Gasteiger partial charge on any atom is 0.326 e. The summed E-state index contributed by atoms with van der Waals surface area (Å²) in [5, 5.41) is 25.8. The molecule has 1 aromatic rings. The number of nitrogens with one attached hydrogen (secondary N) is 4. The van der Waals surface area contributed by atoms with Crippen LogP contribution in [-0.4, -0.2) is 74.0 Å². The fraction of sp³-hybridized carbons (Fsp3) is 0.636. The van der Waals surface area contributed by atoms with Crippen LogP contribution in [0.25, 0.3) is 0 Å². The second-order valence-corrected chi connectivity index (χ2v) is 9.14. The van der Waals surface area contributed by atoms with Crippen molar-refractivity contribution in [3.63, 3.8) is 0 Å². The second kappa shape index (κ2) is 14.0. The molecule has 0 aliphatic carbocycles. The zero-order valence-electron chi connectivity index (χ0n) is 20.4.